The number of rotatable bonds is 4. The maximum Gasteiger partial charge on any atom is 0.338 e. The predicted molar refractivity (Wildman–Crippen MR) is 76.3 cm³/mol. The molecule has 2 amide bonds. The van der Waals surface area contributed by atoms with Gasteiger partial charge in [-0.25, -0.2) is 9.59 Å². The molecule has 1 atom stereocenters. The second-order valence-electron chi connectivity index (χ2n) is 4.77. The van der Waals surface area contributed by atoms with Gasteiger partial charge >= 0.3 is 12.0 Å². The summed E-state index contributed by atoms with van der Waals surface area (Å²) in [6, 6.07) is 1.40. The SMILES string of the molecule is CCOC(=O)C1=C(C)NC(=O)N[C@H]1c1cc([N+](=O)[O-])ccc1[O-]. The van der Waals surface area contributed by atoms with Crippen LogP contribution in [0.4, 0.5) is 10.5 Å². The van der Waals surface area contributed by atoms with Gasteiger partial charge in [0, 0.05) is 17.8 Å². The van der Waals surface area contributed by atoms with E-state index in [-0.39, 0.29) is 29.1 Å². The number of amides is 2. The van der Waals surface area contributed by atoms with E-state index < -0.39 is 28.7 Å². The number of hydrogen-bond acceptors (Lipinski definition) is 6. The molecule has 1 heterocycles. The number of allylic oxidation sites excluding steroid dienone is 1. The molecule has 2 N–H and O–H groups in total. The van der Waals surface area contributed by atoms with Crippen LogP contribution in [0.2, 0.25) is 0 Å². The minimum absolute atomic E-state index is 0.0315. The van der Waals surface area contributed by atoms with Crippen molar-refractivity contribution in [2.24, 2.45) is 0 Å². The van der Waals surface area contributed by atoms with Crippen molar-refractivity contribution in [1.29, 1.82) is 0 Å². The van der Waals surface area contributed by atoms with Crippen LogP contribution >= 0.6 is 0 Å². The zero-order chi connectivity index (χ0) is 17.1. The molecular formula is C14H14N3O6-. The molecule has 9 heteroatoms. The molecule has 0 radical (unpaired) electrons. The summed E-state index contributed by atoms with van der Waals surface area (Å²) in [5.74, 6) is -1.24. The van der Waals surface area contributed by atoms with Crippen molar-refractivity contribution in [3.8, 4) is 5.75 Å². The number of nitro benzene ring substituents is 1. The number of carbonyl (C=O) groups excluding carboxylic acids is 2. The molecular weight excluding hydrogens is 306 g/mol. The standard InChI is InChI=1S/C14H15N3O6/c1-3-23-13(19)11-7(2)15-14(20)16-12(11)9-6-8(17(21)22)4-5-10(9)18/h4-6,12,18H,3H2,1-2H3,(H2,15,16,20)/p-1/t12-/m0/s1. The number of benzene rings is 1. The van der Waals surface area contributed by atoms with Crippen LogP contribution in [0, 0.1) is 10.1 Å². The summed E-state index contributed by atoms with van der Waals surface area (Å²) in [5.41, 5.74) is -0.128. The van der Waals surface area contributed by atoms with Crippen LogP contribution in [0.25, 0.3) is 0 Å². The van der Waals surface area contributed by atoms with Gasteiger partial charge in [0.05, 0.1) is 23.1 Å². The highest BCUT2D eigenvalue weighted by Gasteiger charge is 2.33. The monoisotopic (exact) mass is 320 g/mol. The summed E-state index contributed by atoms with van der Waals surface area (Å²) in [6.07, 6.45) is 0. The van der Waals surface area contributed by atoms with Gasteiger partial charge in [0.2, 0.25) is 0 Å². The molecule has 1 aromatic rings. The van der Waals surface area contributed by atoms with Crippen molar-refractivity contribution >= 4 is 17.7 Å². The van der Waals surface area contributed by atoms with Gasteiger partial charge in [0.1, 0.15) is 0 Å². The van der Waals surface area contributed by atoms with Crippen molar-refractivity contribution in [3.63, 3.8) is 0 Å². The summed E-state index contributed by atoms with van der Waals surface area (Å²) in [4.78, 5) is 34.0. The molecule has 0 saturated heterocycles. The molecule has 1 aromatic carbocycles. The Morgan fingerprint density at radius 2 is 2.13 bits per heavy atom. The first kappa shape index (κ1) is 16.3. The fourth-order valence-electron chi connectivity index (χ4n) is 2.28. The maximum atomic E-state index is 12.1. The van der Waals surface area contributed by atoms with E-state index in [1.165, 1.54) is 6.92 Å². The van der Waals surface area contributed by atoms with E-state index in [1.54, 1.807) is 6.92 Å². The second-order valence-corrected chi connectivity index (χ2v) is 4.77. The number of non-ortho nitro benzene ring substituents is 1. The summed E-state index contributed by atoms with van der Waals surface area (Å²) in [5, 5.41) is 27.8. The predicted octanol–water partition coefficient (Wildman–Crippen LogP) is 0.859. The highest BCUT2D eigenvalue weighted by Crippen LogP contribution is 2.34. The zero-order valence-electron chi connectivity index (χ0n) is 12.4. The number of carbonyl (C=O) groups is 2. The average Bonchev–Trinajstić information content (AvgIpc) is 2.46. The average molecular weight is 320 g/mol. The van der Waals surface area contributed by atoms with Crippen molar-refractivity contribution in [1.82, 2.24) is 10.6 Å². The van der Waals surface area contributed by atoms with Crippen LogP contribution in [0.5, 0.6) is 5.75 Å². The topological polar surface area (TPSA) is 134 Å². The highest BCUT2D eigenvalue weighted by atomic mass is 16.6. The first-order valence-electron chi connectivity index (χ1n) is 6.76. The number of urea groups is 1. The lowest BCUT2D eigenvalue weighted by molar-refractivity contribution is -0.385. The second kappa shape index (κ2) is 6.34. The highest BCUT2D eigenvalue weighted by molar-refractivity contribution is 5.95. The van der Waals surface area contributed by atoms with Crippen LogP contribution in [0.3, 0.4) is 0 Å². The van der Waals surface area contributed by atoms with Gasteiger partial charge in [-0.15, -0.1) is 5.75 Å². The van der Waals surface area contributed by atoms with Gasteiger partial charge in [0.25, 0.3) is 5.69 Å². The third-order valence-corrected chi connectivity index (χ3v) is 3.28. The van der Waals surface area contributed by atoms with Gasteiger partial charge < -0.3 is 20.5 Å². The molecule has 2 rings (SSSR count). The fraction of sp³-hybridized carbons (Fsp3) is 0.286. The van der Waals surface area contributed by atoms with E-state index in [4.69, 9.17) is 4.74 Å². The van der Waals surface area contributed by atoms with Crippen molar-refractivity contribution in [3.05, 3.63) is 45.1 Å². The van der Waals surface area contributed by atoms with Gasteiger partial charge in [-0.05, 0) is 19.4 Å². The molecule has 0 fully saturated rings. The van der Waals surface area contributed by atoms with Gasteiger partial charge in [-0.2, -0.15) is 0 Å². The summed E-state index contributed by atoms with van der Waals surface area (Å²) in [6.45, 7) is 3.21. The van der Waals surface area contributed by atoms with Crippen molar-refractivity contribution in [2.45, 2.75) is 19.9 Å². The van der Waals surface area contributed by atoms with Crippen LogP contribution in [0.15, 0.2) is 29.5 Å². The Hall–Kier alpha value is -3.10. The van der Waals surface area contributed by atoms with E-state index in [9.17, 15) is 24.8 Å². The van der Waals surface area contributed by atoms with Crippen molar-refractivity contribution in [2.75, 3.05) is 6.61 Å². The zero-order valence-corrected chi connectivity index (χ0v) is 12.4. The molecule has 9 nitrogen and oxygen atoms in total. The number of esters is 1. The van der Waals surface area contributed by atoms with E-state index >= 15 is 0 Å². The van der Waals surface area contributed by atoms with E-state index in [0.29, 0.717) is 0 Å². The molecule has 0 saturated carbocycles. The third kappa shape index (κ3) is 3.23. The van der Waals surface area contributed by atoms with E-state index in [0.717, 1.165) is 18.2 Å². The Morgan fingerprint density at radius 3 is 2.74 bits per heavy atom. The lowest BCUT2D eigenvalue weighted by Gasteiger charge is -2.30. The Balaban J connectivity index is 2.56. The van der Waals surface area contributed by atoms with Gasteiger partial charge in [0.15, 0.2) is 0 Å². The minimum atomic E-state index is -1.12. The van der Waals surface area contributed by atoms with Gasteiger partial charge in [-0.1, -0.05) is 6.07 Å². The quantitative estimate of drug-likeness (QED) is 0.480. The van der Waals surface area contributed by atoms with E-state index in [1.807, 2.05) is 0 Å². The third-order valence-electron chi connectivity index (χ3n) is 3.28. The molecule has 1 aliphatic rings. The largest absolute Gasteiger partial charge is 0.872 e. The van der Waals surface area contributed by atoms with Crippen LogP contribution in [0.1, 0.15) is 25.5 Å². The van der Waals surface area contributed by atoms with Gasteiger partial charge in [-0.3, -0.25) is 10.1 Å². The van der Waals surface area contributed by atoms with Crippen LogP contribution in [-0.2, 0) is 9.53 Å². The van der Waals surface area contributed by atoms with E-state index in [2.05, 4.69) is 10.6 Å². The molecule has 0 unspecified atom stereocenters. The number of ether oxygens (including phenoxy) is 1. The van der Waals surface area contributed by atoms with Crippen LogP contribution in [-0.4, -0.2) is 23.5 Å². The summed E-state index contributed by atoms with van der Waals surface area (Å²) in [7, 11) is 0. The molecule has 0 bridgehead atoms. The first-order chi connectivity index (χ1) is 10.8. The molecule has 122 valence electrons. The summed E-state index contributed by atoms with van der Waals surface area (Å²) < 4.78 is 4.93. The number of nitrogens with zero attached hydrogens (tertiary/aromatic N) is 1. The lowest BCUT2D eigenvalue weighted by atomic mass is 9.94. The Labute approximate surface area is 131 Å². The molecule has 23 heavy (non-hydrogen) atoms. The molecule has 0 aromatic heterocycles. The number of nitrogens with one attached hydrogen (secondary N) is 2. The fourth-order valence-corrected chi connectivity index (χ4v) is 2.28. The Bertz CT molecular complexity index is 712. The minimum Gasteiger partial charge on any atom is -0.872 e. The number of hydrogen-bond donors (Lipinski definition) is 2. The smallest absolute Gasteiger partial charge is 0.338 e. The van der Waals surface area contributed by atoms with Crippen LogP contribution < -0.4 is 15.7 Å². The first-order valence-corrected chi connectivity index (χ1v) is 6.76. The molecule has 0 spiro atoms. The Morgan fingerprint density at radius 1 is 1.43 bits per heavy atom. The molecule has 0 aliphatic carbocycles. The normalized spacial score (nSPS) is 17.3. The summed E-state index contributed by atoms with van der Waals surface area (Å²) >= 11 is 0. The lowest BCUT2D eigenvalue weighted by Crippen LogP contribution is -2.45. The number of nitro groups is 1. The Kier molecular flexibility index (Phi) is 4.49. The molecule has 1 aliphatic heterocycles. The van der Waals surface area contributed by atoms with Crippen molar-refractivity contribution < 1.29 is 24.4 Å². The maximum absolute atomic E-state index is 12.1.